The highest BCUT2D eigenvalue weighted by Gasteiger charge is 2.17. The van der Waals surface area contributed by atoms with Crippen molar-refractivity contribution in [1.82, 2.24) is 0 Å². The zero-order valence-corrected chi connectivity index (χ0v) is 8.70. The average Bonchev–Trinajstić information content (AvgIpc) is 2.36. The van der Waals surface area contributed by atoms with Gasteiger partial charge >= 0.3 is 0 Å². The van der Waals surface area contributed by atoms with E-state index < -0.39 is 0 Å². The molecule has 0 radical (unpaired) electrons. The van der Waals surface area contributed by atoms with E-state index in [4.69, 9.17) is 0 Å². The molecule has 0 saturated heterocycles. The molecular formula is C12H16N2. The third-order valence-electron chi connectivity index (χ3n) is 2.74. The molecule has 2 heteroatoms. The molecule has 2 atom stereocenters. The first-order valence-electron chi connectivity index (χ1n) is 5.20. The predicted molar refractivity (Wildman–Crippen MR) is 61.2 cm³/mol. The molecule has 0 aromatic heterocycles. The van der Waals surface area contributed by atoms with Gasteiger partial charge in [0.1, 0.15) is 0 Å². The number of nitrogens with one attached hydrogen (secondary N) is 1. The molecule has 0 amide bonds. The number of anilines is 1. The summed E-state index contributed by atoms with van der Waals surface area (Å²) in [6.07, 6.45) is 3.07. The molecule has 2 unspecified atom stereocenters. The van der Waals surface area contributed by atoms with Gasteiger partial charge in [0.2, 0.25) is 0 Å². The van der Waals surface area contributed by atoms with Crippen molar-refractivity contribution >= 4 is 11.9 Å². The van der Waals surface area contributed by atoms with E-state index >= 15 is 0 Å². The summed E-state index contributed by atoms with van der Waals surface area (Å²) in [5, 5.41) is 3.50. The molecule has 1 aliphatic rings. The van der Waals surface area contributed by atoms with Gasteiger partial charge in [-0.2, -0.15) is 0 Å². The standard InChI is InChI=1S/C12H16N2/c1-3-11-9(2)14-12-7-5-4-6-10(12)8-13-11/h4-9,11,14H,3H2,1-2H3. The van der Waals surface area contributed by atoms with Crippen LogP contribution in [0.5, 0.6) is 0 Å². The first-order valence-corrected chi connectivity index (χ1v) is 5.20. The number of rotatable bonds is 1. The summed E-state index contributed by atoms with van der Waals surface area (Å²) in [5.74, 6) is 0. The van der Waals surface area contributed by atoms with Gasteiger partial charge < -0.3 is 5.32 Å². The minimum Gasteiger partial charge on any atom is -0.380 e. The van der Waals surface area contributed by atoms with Crippen molar-refractivity contribution in [1.29, 1.82) is 0 Å². The van der Waals surface area contributed by atoms with Gasteiger partial charge in [0.05, 0.1) is 6.04 Å². The zero-order valence-electron chi connectivity index (χ0n) is 8.70. The summed E-state index contributed by atoms with van der Waals surface area (Å²) in [6, 6.07) is 9.11. The third-order valence-corrected chi connectivity index (χ3v) is 2.74. The average molecular weight is 188 g/mol. The van der Waals surface area contributed by atoms with Crippen LogP contribution in [0.15, 0.2) is 29.3 Å². The maximum Gasteiger partial charge on any atom is 0.0695 e. The molecule has 2 nitrogen and oxygen atoms in total. The number of hydrogen-bond acceptors (Lipinski definition) is 2. The lowest BCUT2D eigenvalue weighted by Crippen LogP contribution is -2.27. The second kappa shape index (κ2) is 3.82. The van der Waals surface area contributed by atoms with E-state index in [0.29, 0.717) is 12.1 Å². The lowest BCUT2D eigenvalue weighted by atomic mass is 10.1. The van der Waals surface area contributed by atoms with E-state index in [1.165, 1.54) is 11.3 Å². The Bertz CT molecular complexity index is 344. The summed E-state index contributed by atoms with van der Waals surface area (Å²) in [4.78, 5) is 4.58. The number of nitrogens with zero attached hydrogens (tertiary/aromatic N) is 1. The van der Waals surface area contributed by atoms with E-state index in [-0.39, 0.29) is 0 Å². The van der Waals surface area contributed by atoms with Crippen molar-refractivity contribution < 1.29 is 0 Å². The smallest absolute Gasteiger partial charge is 0.0695 e. The second-order valence-corrected chi connectivity index (χ2v) is 3.77. The first-order chi connectivity index (χ1) is 6.81. The third kappa shape index (κ3) is 1.65. The summed E-state index contributed by atoms with van der Waals surface area (Å²) in [6.45, 7) is 4.36. The number of benzene rings is 1. The number of aliphatic imine (C=N–C) groups is 1. The fourth-order valence-electron chi connectivity index (χ4n) is 1.85. The first kappa shape index (κ1) is 9.25. The van der Waals surface area contributed by atoms with Crippen molar-refractivity contribution in [2.24, 2.45) is 4.99 Å². The largest absolute Gasteiger partial charge is 0.380 e. The minimum atomic E-state index is 0.391. The normalized spacial score (nSPS) is 25.0. The number of hydrogen-bond donors (Lipinski definition) is 1. The monoisotopic (exact) mass is 188 g/mol. The molecule has 1 heterocycles. The van der Waals surface area contributed by atoms with Crippen molar-refractivity contribution in [2.45, 2.75) is 32.4 Å². The highest BCUT2D eigenvalue weighted by molar-refractivity contribution is 5.88. The topological polar surface area (TPSA) is 24.4 Å². The van der Waals surface area contributed by atoms with Gasteiger partial charge in [-0.05, 0) is 19.4 Å². The lowest BCUT2D eigenvalue weighted by molar-refractivity contribution is 0.580. The van der Waals surface area contributed by atoms with Gasteiger partial charge in [-0.1, -0.05) is 25.1 Å². The van der Waals surface area contributed by atoms with Crippen molar-refractivity contribution in [3.05, 3.63) is 29.8 Å². The lowest BCUT2D eigenvalue weighted by Gasteiger charge is -2.19. The molecule has 1 aliphatic heterocycles. The van der Waals surface area contributed by atoms with E-state index in [1.807, 2.05) is 12.3 Å². The summed E-state index contributed by atoms with van der Waals surface area (Å²) >= 11 is 0. The Morgan fingerprint density at radius 1 is 1.36 bits per heavy atom. The molecule has 14 heavy (non-hydrogen) atoms. The summed E-state index contributed by atoms with van der Waals surface area (Å²) in [7, 11) is 0. The SMILES string of the molecule is CCC1N=Cc2ccccc2NC1C. The molecule has 0 spiro atoms. The van der Waals surface area contributed by atoms with Crippen LogP contribution in [0.25, 0.3) is 0 Å². The minimum absolute atomic E-state index is 0.391. The van der Waals surface area contributed by atoms with Crippen LogP contribution < -0.4 is 5.32 Å². The molecule has 1 aromatic carbocycles. The van der Waals surface area contributed by atoms with Gasteiger partial charge in [0.25, 0.3) is 0 Å². The van der Waals surface area contributed by atoms with Crippen molar-refractivity contribution in [2.75, 3.05) is 5.32 Å². The van der Waals surface area contributed by atoms with Crippen LogP contribution in [0.3, 0.4) is 0 Å². The van der Waals surface area contributed by atoms with E-state index in [0.717, 1.165) is 6.42 Å². The molecule has 0 fully saturated rings. The Kier molecular flexibility index (Phi) is 2.53. The van der Waals surface area contributed by atoms with Crippen LogP contribution in [0.4, 0.5) is 5.69 Å². The molecule has 1 aromatic rings. The Morgan fingerprint density at radius 2 is 2.14 bits per heavy atom. The molecule has 2 rings (SSSR count). The van der Waals surface area contributed by atoms with Gasteiger partial charge in [-0.25, -0.2) is 0 Å². The van der Waals surface area contributed by atoms with Crippen molar-refractivity contribution in [3.8, 4) is 0 Å². The number of para-hydroxylation sites is 1. The van der Waals surface area contributed by atoms with Gasteiger partial charge in [0, 0.05) is 23.5 Å². The maximum absolute atomic E-state index is 4.58. The Morgan fingerprint density at radius 3 is 2.93 bits per heavy atom. The summed E-state index contributed by atoms with van der Waals surface area (Å²) < 4.78 is 0. The van der Waals surface area contributed by atoms with E-state index in [1.54, 1.807) is 0 Å². The second-order valence-electron chi connectivity index (χ2n) is 3.77. The molecule has 0 bridgehead atoms. The Hall–Kier alpha value is -1.31. The van der Waals surface area contributed by atoms with Crippen LogP contribution in [0.1, 0.15) is 25.8 Å². The van der Waals surface area contributed by atoms with Crippen LogP contribution in [0.2, 0.25) is 0 Å². The molecule has 0 aliphatic carbocycles. The number of benzodiazepines with no additional fused rings is 1. The quantitative estimate of drug-likeness (QED) is 0.720. The molecule has 1 N–H and O–H groups in total. The van der Waals surface area contributed by atoms with Crippen LogP contribution in [0, 0.1) is 0 Å². The van der Waals surface area contributed by atoms with Gasteiger partial charge in [0.15, 0.2) is 0 Å². The fourth-order valence-corrected chi connectivity index (χ4v) is 1.85. The highest BCUT2D eigenvalue weighted by atomic mass is 15.0. The Labute approximate surface area is 85.1 Å². The van der Waals surface area contributed by atoms with Gasteiger partial charge in [-0.15, -0.1) is 0 Å². The zero-order chi connectivity index (χ0) is 9.97. The molecule has 74 valence electrons. The molecular weight excluding hydrogens is 172 g/mol. The number of fused-ring (bicyclic) bond motifs is 1. The fraction of sp³-hybridized carbons (Fsp3) is 0.417. The van der Waals surface area contributed by atoms with E-state index in [9.17, 15) is 0 Å². The van der Waals surface area contributed by atoms with Crippen LogP contribution >= 0.6 is 0 Å². The summed E-state index contributed by atoms with van der Waals surface area (Å²) in [5.41, 5.74) is 2.38. The van der Waals surface area contributed by atoms with Gasteiger partial charge in [-0.3, -0.25) is 4.99 Å². The highest BCUT2D eigenvalue weighted by Crippen LogP contribution is 2.20. The van der Waals surface area contributed by atoms with Crippen LogP contribution in [-0.2, 0) is 0 Å². The van der Waals surface area contributed by atoms with Crippen molar-refractivity contribution in [3.63, 3.8) is 0 Å². The van der Waals surface area contributed by atoms with E-state index in [2.05, 4.69) is 42.4 Å². The Balaban J connectivity index is 2.34. The van der Waals surface area contributed by atoms with Crippen LogP contribution in [-0.4, -0.2) is 18.3 Å². The maximum atomic E-state index is 4.58. The molecule has 0 saturated carbocycles. The predicted octanol–water partition coefficient (Wildman–Crippen LogP) is 2.70.